The van der Waals surface area contributed by atoms with E-state index < -0.39 is 5.97 Å². The van der Waals surface area contributed by atoms with Gasteiger partial charge in [0.2, 0.25) is 0 Å². The molecule has 1 heterocycles. The summed E-state index contributed by atoms with van der Waals surface area (Å²) in [4.78, 5) is 10.6. The van der Waals surface area contributed by atoms with Gasteiger partial charge in [-0.3, -0.25) is 4.79 Å². The second kappa shape index (κ2) is 5.69. The maximum atomic E-state index is 10.6. The highest BCUT2D eigenvalue weighted by molar-refractivity contribution is 5.67. The molecule has 100 valence electrons. The van der Waals surface area contributed by atoms with E-state index in [1.807, 2.05) is 23.7 Å². The predicted octanol–water partition coefficient (Wildman–Crippen LogP) is 2.76. The number of aromatic nitrogens is 2. The Morgan fingerprint density at radius 1 is 1.32 bits per heavy atom. The molecule has 1 N–H and O–H groups in total. The minimum atomic E-state index is -0.778. The number of carboxylic acids is 1. The van der Waals surface area contributed by atoms with Gasteiger partial charge in [-0.1, -0.05) is 19.1 Å². The van der Waals surface area contributed by atoms with Crippen molar-refractivity contribution in [2.75, 3.05) is 0 Å². The van der Waals surface area contributed by atoms with E-state index in [1.54, 1.807) is 6.20 Å². The van der Waals surface area contributed by atoms with Crippen LogP contribution in [-0.2, 0) is 17.6 Å². The van der Waals surface area contributed by atoms with Gasteiger partial charge in [-0.05, 0) is 43.0 Å². The van der Waals surface area contributed by atoms with Crippen molar-refractivity contribution in [3.8, 4) is 5.69 Å². The fourth-order valence-electron chi connectivity index (χ4n) is 2.06. The Kier molecular flexibility index (Phi) is 4.00. The summed E-state index contributed by atoms with van der Waals surface area (Å²) < 4.78 is 1.86. The van der Waals surface area contributed by atoms with Crippen LogP contribution >= 0.6 is 0 Å². The largest absolute Gasteiger partial charge is 0.481 e. The normalized spacial score (nSPS) is 10.6. The smallest absolute Gasteiger partial charge is 0.303 e. The number of aliphatic carboxylic acids is 1. The van der Waals surface area contributed by atoms with Gasteiger partial charge < -0.3 is 5.11 Å². The summed E-state index contributed by atoms with van der Waals surface area (Å²) in [5.41, 5.74) is 4.29. The zero-order valence-corrected chi connectivity index (χ0v) is 11.3. The monoisotopic (exact) mass is 258 g/mol. The fourth-order valence-corrected chi connectivity index (χ4v) is 2.06. The third-order valence-corrected chi connectivity index (χ3v) is 3.31. The van der Waals surface area contributed by atoms with Crippen molar-refractivity contribution in [1.29, 1.82) is 0 Å². The van der Waals surface area contributed by atoms with Crippen molar-refractivity contribution < 1.29 is 9.90 Å². The SMILES string of the molecule is CCc1ccc(-n2ncc(CCC(=O)O)c2C)cc1. The zero-order chi connectivity index (χ0) is 13.8. The summed E-state index contributed by atoms with van der Waals surface area (Å²) in [6.45, 7) is 4.09. The van der Waals surface area contributed by atoms with Crippen molar-refractivity contribution in [3.05, 3.63) is 47.3 Å². The molecule has 2 aromatic rings. The van der Waals surface area contributed by atoms with Gasteiger partial charge in [0.05, 0.1) is 11.9 Å². The molecule has 0 saturated heterocycles. The van der Waals surface area contributed by atoms with Crippen molar-refractivity contribution in [1.82, 2.24) is 9.78 Å². The number of aryl methyl sites for hydroxylation is 2. The molecule has 0 saturated carbocycles. The van der Waals surface area contributed by atoms with Crippen molar-refractivity contribution in [2.24, 2.45) is 0 Å². The van der Waals surface area contributed by atoms with Crippen LogP contribution in [0.25, 0.3) is 5.69 Å². The number of carbonyl (C=O) groups is 1. The van der Waals surface area contributed by atoms with Crippen LogP contribution in [0.5, 0.6) is 0 Å². The average Bonchev–Trinajstić information content (AvgIpc) is 2.78. The first-order valence-electron chi connectivity index (χ1n) is 6.46. The van der Waals surface area contributed by atoms with Crippen LogP contribution in [0.1, 0.15) is 30.2 Å². The molecule has 0 unspecified atom stereocenters. The number of carboxylic acid groups (broad SMARTS) is 1. The Balaban J connectivity index is 2.22. The lowest BCUT2D eigenvalue weighted by Gasteiger charge is -2.06. The molecule has 0 aliphatic carbocycles. The molecule has 2 rings (SSSR count). The highest BCUT2D eigenvalue weighted by Crippen LogP contribution is 2.16. The molecule has 0 spiro atoms. The molecule has 4 heteroatoms. The Labute approximate surface area is 112 Å². The summed E-state index contributed by atoms with van der Waals surface area (Å²) in [7, 11) is 0. The predicted molar refractivity (Wildman–Crippen MR) is 73.6 cm³/mol. The van der Waals surface area contributed by atoms with Gasteiger partial charge in [0.25, 0.3) is 0 Å². The Morgan fingerprint density at radius 2 is 2.00 bits per heavy atom. The lowest BCUT2D eigenvalue weighted by atomic mass is 10.1. The first kappa shape index (κ1) is 13.3. The van der Waals surface area contributed by atoms with Crippen LogP contribution in [0.3, 0.4) is 0 Å². The summed E-state index contributed by atoms with van der Waals surface area (Å²) in [6.07, 6.45) is 3.43. The van der Waals surface area contributed by atoms with Gasteiger partial charge in [0, 0.05) is 12.1 Å². The third kappa shape index (κ3) is 3.02. The van der Waals surface area contributed by atoms with Gasteiger partial charge in [-0.15, -0.1) is 0 Å². The number of hydrogen-bond donors (Lipinski definition) is 1. The molecule has 0 aliphatic heterocycles. The Hall–Kier alpha value is -2.10. The minimum Gasteiger partial charge on any atom is -0.481 e. The number of nitrogens with zero attached hydrogens (tertiary/aromatic N) is 2. The van der Waals surface area contributed by atoms with Gasteiger partial charge >= 0.3 is 5.97 Å². The maximum Gasteiger partial charge on any atom is 0.303 e. The molecule has 0 fully saturated rings. The quantitative estimate of drug-likeness (QED) is 0.897. The number of hydrogen-bond acceptors (Lipinski definition) is 2. The molecule has 4 nitrogen and oxygen atoms in total. The molecular weight excluding hydrogens is 240 g/mol. The van der Waals surface area contributed by atoms with E-state index in [4.69, 9.17) is 5.11 Å². The standard InChI is InChI=1S/C15H18N2O2/c1-3-12-4-7-14(8-5-12)17-11(2)13(10-16-17)6-9-15(18)19/h4-5,7-8,10H,3,6,9H2,1-2H3,(H,18,19). The van der Waals surface area contributed by atoms with Crippen LogP contribution in [0.4, 0.5) is 0 Å². The molecule has 1 aromatic carbocycles. The molecule has 0 aliphatic rings. The molecular formula is C15H18N2O2. The second-order valence-corrected chi connectivity index (χ2v) is 4.58. The summed E-state index contributed by atoms with van der Waals surface area (Å²) in [6, 6.07) is 8.26. The topological polar surface area (TPSA) is 55.1 Å². The highest BCUT2D eigenvalue weighted by atomic mass is 16.4. The third-order valence-electron chi connectivity index (χ3n) is 3.31. The molecule has 0 amide bonds. The second-order valence-electron chi connectivity index (χ2n) is 4.58. The summed E-state index contributed by atoms with van der Waals surface area (Å²) in [5, 5.41) is 13.1. The van der Waals surface area contributed by atoms with E-state index in [-0.39, 0.29) is 6.42 Å². The van der Waals surface area contributed by atoms with Crippen LogP contribution in [0.15, 0.2) is 30.5 Å². The number of rotatable bonds is 5. The first-order valence-corrected chi connectivity index (χ1v) is 6.46. The summed E-state index contributed by atoms with van der Waals surface area (Å²) >= 11 is 0. The van der Waals surface area contributed by atoms with Crippen LogP contribution in [0.2, 0.25) is 0 Å². The van der Waals surface area contributed by atoms with Crippen LogP contribution < -0.4 is 0 Å². The Morgan fingerprint density at radius 3 is 2.58 bits per heavy atom. The number of benzene rings is 1. The van der Waals surface area contributed by atoms with Gasteiger partial charge in [-0.25, -0.2) is 4.68 Å². The molecule has 0 atom stereocenters. The van der Waals surface area contributed by atoms with Gasteiger partial charge in [0.1, 0.15) is 0 Å². The highest BCUT2D eigenvalue weighted by Gasteiger charge is 2.09. The summed E-state index contributed by atoms with van der Waals surface area (Å²) in [5.74, 6) is -0.778. The maximum absolute atomic E-state index is 10.6. The van der Waals surface area contributed by atoms with E-state index in [0.29, 0.717) is 6.42 Å². The van der Waals surface area contributed by atoms with E-state index in [0.717, 1.165) is 23.4 Å². The molecule has 0 radical (unpaired) electrons. The van der Waals surface area contributed by atoms with E-state index in [1.165, 1.54) is 5.56 Å². The average molecular weight is 258 g/mol. The van der Waals surface area contributed by atoms with Crippen molar-refractivity contribution >= 4 is 5.97 Å². The lowest BCUT2D eigenvalue weighted by molar-refractivity contribution is -0.136. The van der Waals surface area contributed by atoms with E-state index in [2.05, 4.69) is 24.2 Å². The van der Waals surface area contributed by atoms with E-state index in [9.17, 15) is 4.79 Å². The van der Waals surface area contributed by atoms with Crippen LogP contribution in [0, 0.1) is 6.92 Å². The van der Waals surface area contributed by atoms with Gasteiger partial charge in [0.15, 0.2) is 0 Å². The fraction of sp³-hybridized carbons (Fsp3) is 0.333. The van der Waals surface area contributed by atoms with E-state index >= 15 is 0 Å². The molecule has 19 heavy (non-hydrogen) atoms. The van der Waals surface area contributed by atoms with Crippen LogP contribution in [-0.4, -0.2) is 20.9 Å². The zero-order valence-electron chi connectivity index (χ0n) is 11.3. The Bertz CT molecular complexity index is 570. The lowest BCUT2D eigenvalue weighted by Crippen LogP contribution is -2.01. The first-order chi connectivity index (χ1) is 9.11. The molecule has 1 aromatic heterocycles. The van der Waals surface area contributed by atoms with Gasteiger partial charge in [-0.2, -0.15) is 5.10 Å². The van der Waals surface area contributed by atoms with Crippen molar-refractivity contribution in [2.45, 2.75) is 33.1 Å². The van der Waals surface area contributed by atoms with Crippen molar-refractivity contribution in [3.63, 3.8) is 0 Å². The molecule has 0 bridgehead atoms. The minimum absolute atomic E-state index is 0.140.